The molecule has 3 aromatic rings. The molecular formula is C14H10BrFN2OS. The van der Waals surface area contributed by atoms with Gasteiger partial charge in [-0.05, 0) is 45.4 Å². The first-order chi connectivity index (χ1) is 9.58. The molecule has 0 aliphatic rings. The van der Waals surface area contributed by atoms with Crippen LogP contribution in [0.1, 0.15) is 11.1 Å². The van der Waals surface area contributed by atoms with Crippen molar-refractivity contribution in [2.24, 2.45) is 0 Å². The minimum absolute atomic E-state index is 0.0933. The van der Waals surface area contributed by atoms with E-state index in [1.807, 2.05) is 12.3 Å². The van der Waals surface area contributed by atoms with Crippen molar-refractivity contribution in [3.8, 4) is 0 Å². The number of nitrogens with zero attached hydrogens (tertiary/aromatic N) is 2. The van der Waals surface area contributed by atoms with Crippen LogP contribution >= 0.6 is 27.3 Å². The summed E-state index contributed by atoms with van der Waals surface area (Å²) in [6, 6.07) is 4.78. The third-order valence-corrected chi connectivity index (χ3v) is 5.06. The lowest BCUT2D eigenvalue weighted by Gasteiger charge is -2.08. The molecule has 6 heteroatoms. The van der Waals surface area contributed by atoms with E-state index in [2.05, 4.69) is 20.9 Å². The van der Waals surface area contributed by atoms with Crippen LogP contribution in [0.15, 0.2) is 39.2 Å². The summed E-state index contributed by atoms with van der Waals surface area (Å²) >= 11 is 4.60. The van der Waals surface area contributed by atoms with Gasteiger partial charge in [0.1, 0.15) is 10.5 Å². The van der Waals surface area contributed by atoms with Gasteiger partial charge in [-0.2, -0.15) is 0 Å². The molecule has 0 saturated carbocycles. The Labute approximate surface area is 126 Å². The zero-order valence-corrected chi connectivity index (χ0v) is 13.0. The van der Waals surface area contributed by atoms with Gasteiger partial charge in [-0.15, -0.1) is 11.3 Å². The molecule has 3 rings (SSSR count). The number of rotatable bonds is 2. The monoisotopic (exact) mass is 352 g/mol. The summed E-state index contributed by atoms with van der Waals surface area (Å²) in [5.41, 5.74) is 2.36. The Bertz CT molecular complexity index is 856. The molecule has 102 valence electrons. The zero-order valence-electron chi connectivity index (χ0n) is 10.6. The number of halogens is 2. The van der Waals surface area contributed by atoms with Crippen LogP contribution in [0.25, 0.3) is 10.2 Å². The number of thiophene rings is 1. The number of benzene rings is 1. The van der Waals surface area contributed by atoms with Gasteiger partial charge in [0.15, 0.2) is 0 Å². The van der Waals surface area contributed by atoms with Crippen molar-refractivity contribution >= 4 is 37.5 Å². The lowest BCUT2D eigenvalue weighted by molar-refractivity contribution is 0.614. The van der Waals surface area contributed by atoms with Crippen molar-refractivity contribution < 1.29 is 4.39 Å². The van der Waals surface area contributed by atoms with Gasteiger partial charge in [-0.1, -0.05) is 12.1 Å². The van der Waals surface area contributed by atoms with Crippen molar-refractivity contribution in [2.75, 3.05) is 0 Å². The first-order valence-corrected chi connectivity index (χ1v) is 7.61. The van der Waals surface area contributed by atoms with Crippen LogP contribution in [0.2, 0.25) is 0 Å². The highest BCUT2D eigenvalue weighted by atomic mass is 79.9. The van der Waals surface area contributed by atoms with E-state index in [0.29, 0.717) is 14.7 Å². The summed E-state index contributed by atoms with van der Waals surface area (Å²) < 4.78 is 16.0. The lowest BCUT2D eigenvalue weighted by atomic mass is 10.2. The van der Waals surface area contributed by atoms with Gasteiger partial charge in [-0.25, -0.2) is 9.37 Å². The fourth-order valence-electron chi connectivity index (χ4n) is 2.03. The van der Waals surface area contributed by atoms with E-state index in [9.17, 15) is 9.18 Å². The third kappa shape index (κ3) is 2.19. The smallest absolute Gasteiger partial charge is 0.271 e. The van der Waals surface area contributed by atoms with Crippen molar-refractivity contribution in [3.05, 3.63) is 61.7 Å². The van der Waals surface area contributed by atoms with Crippen LogP contribution in [0, 0.1) is 12.7 Å². The van der Waals surface area contributed by atoms with E-state index < -0.39 is 0 Å². The number of fused-ring (bicyclic) bond motifs is 1. The molecule has 0 aliphatic carbocycles. The average Bonchev–Trinajstić information content (AvgIpc) is 2.80. The Balaban J connectivity index is 2.09. The summed E-state index contributed by atoms with van der Waals surface area (Å²) in [7, 11) is 0. The molecule has 0 fully saturated rings. The average molecular weight is 353 g/mol. The van der Waals surface area contributed by atoms with Gasteiger partial charge < -0.3 is 0 Å². The highest BCUT2D eigenvalue weighted by Crippen LogP contribution is 2.22. The standard InChI is InChI=1S/C14H10BrFN2OS/c1-8-6-20-13-12(8)17-7-18(14(13)19)5-9-3-2-4-10(16)11(9)15/h2-4,6-7H,5H2,1H3. The molecule has 2 heterocycles. The van der Waals surface area contributed by atoms with E-state index in [0.717, 1.165) is 11.1 Å². The molecule has 0 radical (unpaired) electrons. The molecule has 0 N–H and O–H groups in total. The second-order valence-corrected chi connectivity index (χ2v) is 6.16. The topological polar surface area (TPSA) is 34.9 Å². The maximum atomic E-state index is 13.5. The van der Waals surface area contributed by atoms with Crippen LogP contribution < -0.4 is 5.56 Å². The molecule has 2 aromatic heterocycles. The summed E-state index contributed by atoms with van der Waals surface area (Å²) in [6.45, 7) is 2.22. The minimum Gasteiger partial charge on any atom is -0.293 e. The van der Waals surface area contributed by atoms with Gasteiger partial charge in [-0.3, -0.25) is 9.36 Å². The van der Waals surface area contributed by atoms with Crippen molar-refractivity contribution in [3.63, 3.8) is 0 Å². The maximum absolute atomic E-state index is 13.5. The molecule has 0 saturated heterocycles. The number of hydrogen-bond acceptors (Lipinski definition) is 3. The molecule has 0 spiro atoms. The molecule has 3 nitrogen and oxygen atoms in total. The van der Waals surface area contributed by atoms with Gasteiger partial charge >= 0.3 is 0 Å². The second-order valence-electron chi connectivity index (χ2n) is 4.49. The molecule has 0 atom stereocenters. The third-order valence-electron chi connectivity index (χ3n) is 3.10. The zero-order chi connectivity index (χ0) is 14.3. The Morgan fingerprint density at radius 3 is 3.05 bits per heavy atom. The van der Waals surface area contributed by atoms with Gasteiger partial charge in [0, 0.05) is 0 Å². The quantitative estimate of drug-likeness (QED) is 0.704. The molecule has 0 bridgehead atoms. The Kier molecular flexibility index (Phi) is 3.43. The fraction of sp³-hybridized carbons (Fsp3) is 0.143. The van der Waals surface area contributed by atoms with Gasteiger partial charge in [0.25, 0.3) is 5.56 Å². The Hall–Kier alpha value is -1.53. The van der Waals surface area contributed by atoms with Crippen LogP contribution in [0.5, 0.6) is 0 Å². The lowest BCUT2D eigenvalue weighted by Crippen LogP contribution is -2.20. The predicted molar refractivity (Wildman–Crippen MR) is 81.8 cm³/mol. The number of aryl methyl sites for hydroxylation is 1. The highest BCUT2D eigenvalue weighted by Gasteiger charge is 2.11. The maximum Gasteiger partial charge on any atom is 0.271 e. The Morgan fingerprint density at radius 2 is 2.25 bits per heavy atom. The number of hydrogen-bond donors (Lipinski definition) is 0. The molecule has 0 unspecified atom stereocenters. The fourth-order valence-corrected chi connectivity index (χ4v) is 3.37. The van der Waals surface area contributed by atoms with Crippen LogP contribution in [-0.4, -0.2) is 9.55 Å². The number of aromatic nitrogens is 2. The van der Waals surface area contributed by atoms with Crippen molar-refractivity contribution in [1.82, 2.24) is 9.55 Å². The van der Waals surface area contributed by atoms with Crippen LogP contribution in [0.3, 0.4) is 0 Å². The summed E-state index contributed by atoms with van der Waals surface area (Å²) in [5.74, 6) is -0.337. The molecule has 20 heavy (non-hydrogen) atoms. The summed E-state index contributed by atoms with van der Waals surface area (Å²) in [5, 5.41) is 1.92. The summed E-state index contributed by atoms with van der Waals surface area (Å²) in [4.78, 5) is 16.7. The van der Waals surface area contributed by atoms with Gasteiger partial charge in [0.2, 0.25) is 0 Å². The largest absolute Gasteiger partial charge is 0.293 e. The molecule has 1 aromatic carbocycles. The van der Waals surface area contributed by atoms with E-state index in [4.69, 9.17) is 0 Å². The van der Waals surface area contributed by atoms with Crippen LogP contribution in [0.4, 0.5) is 4.39 Å². The van der Waals surface area contributed by atoms with E-state index in [1.165, 1.54) is 28.3 Å². The van der Waals surface area contributed by atoms with Crippen LogP contribution in [-0.2, 0) is 6.54 Å². The normalized spacial score (nSPS) is 11.2. The second kappa shape index (κ2) is 5.10. The Morgan fingerprint density at radius 1 is 1.45 bits per heavy atom. The molecular weight excluding hydrogens is 343 g/mol. The molecule has 0 aliphatic heterocycles. The highest BCUT2D eigenvalue weighted by molar-refractivity contribution is 9.10. The van der Waals surface area contributed by atoms with Gasteiger partial charge in [0.05, 0.1) is 22.9 Å². The SMILES string of the molecule is Cc1csc2c(=O)n(Cc3cccc(F)c3Br)cnc12. The summed E-state index contributed by atoms with van der Waals surface area (Å²) in [6.07, 6.45) is 1.52. The van der Waals surface area contributed by atoms with E-state index >= 15 is 0 Å². The van der Waals surface area contributed by atoms with Crippen molar-refractivity contribution in [1.29, 1.82) is 0 Å². The first kappa shape index (κ1) is 13.5. The minimum atomic E-state index is -0.337. The first-order valence-electron chi connectivity index (χ1n) is 5.94. The van der Waals surface area contributed by atoms with E-state index in [1.54, 1.807) is 12.1 Å². The van der Waals surface area contributed by atoms with E-state index in [-0.39, 0.29) is 17.9 Å². The predicted octanol–water partition coefficient (Wildman–Crippen LogP) is 3.72. The molecule has 0 amide bonds. The van der Waals surface area contributed by atoms with Crippen molar-refractivity contribution in [2.45, 2.75) is 13.5 Å².